The predicted molar refractivity (Wildman–Crippen MR) is 239 cm³/mol. The minimum absolute atomic E-state index is 0.0594. The summed E-state index contributed by atoms with van der Waals surface area (Å²) in [6.45, 7) is 0.0382. The molecule has 0 radical (unpaired) electrons. The van der Waals surface area contributed by atoms with Crippen LogP contribution >= 0.6 is 11.3 Å². The normalized spacial score (nSPS) is 20.5. The zero-order valence-corrected chi connectivity index (χ0v) is 35.6. The van der Waals surface area contributed by atoms with Gasteiger partial charge in [-0.25, -0.2) is 0 Å². The lowest BCUT2D eigenvalue weighted by Gasteiger charge is -2.33. The van der Waals surface area contributed by atoms with E-state index in [1.54, 1.807) is 29.2 Å². The Labute approximate surface area is 370 Å². The second kappa shape index (κ2) is 21.3. The third kappa shape index (κ3) is 12.4. The molecule has 5 N–H and O–H groups in total. The fraction of sp³-hybridized carbons (Fsp3) is 0.306. The van der Waals surface area contributed by atoms with E-state index in [0.29, 0.717) is 17.7 Å². The van der Waals surface area contributed by atoms with Gasteiger partial charge in [-0.1, -0.05) is 103 Å². The average molecular weight is 870 g/mol. The maximum absolute atomic E-state index is 14.6. The van der Waals surface area contributed by atoms with Crippen LogP contribution in [0.1, 0.15) is 40.8 Å². The maximum Gasteiger partial charge on any atom is 0.306 e. The number of piperidine rings is 1. The Kier molecular flexibility index (Phi) is 15.0. The number of carboxylic acids is 1. The third-order valence-corrected chi connectivity index (χ3v) is 12.4. The van der Waals surface area contributed by atoms with Crippen LogP contribution in [0.4, 0.5) is 0 Å². The lowest BCUT2D eigenvalue weighted by atomic mass is 9.95. The molecule has 0 saturated carbocycles. The number of thiophene rings is 1. The maximum atomic E-state index is 14.6. The van der Waals surface area contributed by atoms with Gasteiger partial charge in [0.25, 0.3) is 5.91 Å². The lowest BCUT2D eigenvalue weighted by molar-refractivity contribution is -0.146. The number of aryl methyl sites for hydroxylation is 1. The smallest absolute Gasteiger partial charge is 0.306 e. The number of hydrogen-bond donors (Lipinski definition) is 5. The highest BCUT2D eigenvalue weighted by Gasteiger charge is 2.35. The molecule has 2 bridgehead atoms. The third-order valence-electron chi connectivity index (χ3n) is 11.5. The van der Waals surface area contributed by atoms with E-state index in [1.807, 2.05) is 102 Å². The monoisotopic (exact) mass is 869 g/mol. The molecule has 4 atom stereocenters. The van der Waals surface area contributed by atoms with Crippen molar-refractivity contribution in [3.8, 4) is 16.9 Å². The molecule has 63 heavy (non-hydrogen) atoms. The summed E-state index contributed by atoms with van der Waals surface area (Å²) in [5.74, 6) is -3.81. The molecule has 3 aliphatic rings. The van der Waals surface area contributed by atoms with Crippen LogP contribution in [-0.2, 0) is 54.5 Å². The molecular weight excluding hydrogens is 819 g/mol. The zero-order chi connectivity index (χ0) is 44.1. The van der Waals surface area contributed by atoms with Gasteiger partial charge in [0.15, 0.2) is 6.61 Å². The molecule has 5 aromatic rings. The van der Waals surface area contributed by atoms with Crippen molar-refractivity contribution in [2.24, 2.45) is 5.92 Å². The van der Waals surface area contributed by atoms with E-state index >= 15 is 0 Å². The molecule has 3 aliphatic heterocycles. The van der Waals surface area contributed by atoms with Crippen molar-refractivity contribution in [3.05, 3.63) is 148 Å². The Morgan fingerprint density at radius 1 is 0.651 bits per heavy atom. The van der Waals surface area contributed by atoms with Crippen LogP contribution in [0.3, 0.4) is 0 Å². The molecule has 1 fully saturated rings. The first-order valence-electron chi connectivity index (χ1n) is 21.2. The van der Waals surface area contributed by atoms with Gasteiger partial charge in [0, 0.05) is 37.2 Å². The number of nitrogens with zero attached hydrogens (tertiary/aromatic N) is 1. The van der Waals surface area contributed by atoms with Crippen LogP contribution in [0.2, 0.25) is 0 Å². The SMILES string of the molecule is O=C1COc2ccc(cc2)C[C@@H](C(=O)N2CCC(C(=O)O)CC2)NC(=O)[C@@H](CCc2ccccc2)NC(=O)[C@H](Cc2ccc(-c3ccccc3)cc2)NC(=O)C(Cc2cccs2)N1. The van der Waals surface area contributed by atoms with Gasteiger partial charge in [0.2, 0.25) is 23.6 Å². The molecular formula is C49H51N5O8S. The summed E-state index contributed by atoms with van der Waals surface area (Å²) < 4.78 is 5.81. The topological polar surface area (TPSA) is 183 Å². The standard InChI is InChI=1S/C49H51N5O8S/c55-44-31-62-38-20-15-34(16-21-38)29-43(48(59)54-25-23-37(24-26-54)49(60)61)53-45(56)40(22-17-32-8-3-1-4-9-32)51-46(57)41(52-47(58)42(50-44)30-39-12-7-27-63-39)28-33-13-18-36(19-14-33)35-10-5-2-6-11-35/h1-16,18-21,27,37,40-43H,17,22-26,28-31H2,(H,50,55)(H,51,57)(H,52,58)(H,53,56)(H,60,61)/t40-,41+,42?,43+/m1/s1. The molecule has 4 heterocycles. The van der Waals surface area contributed by atoms with Crippen LogP contribution in [-0.4, -0.2) is 89.4 Å². The Morgan fingerprint density at radius 2 is 1.27 bits per heavy atom. The number of amides is 5. The molecule has 326 valence electrons. The van der Waals surface area contributed by atoms with Crippen LogP contribution in [0.25, 0.3) is 11.1 Å². The van der Waals surface area contributed by atoms with E-state index in [0.717, 1.165) is 27.1 Å². The number of rotatable bonds is 10. The quantitative estimate of drug-likeness (QED) is 0.125. The number of nitrogens with one attached hydrogen (secondary N) is 4. The van der Waals surface area contributed by atoms with Crippen molar-refractivity contribution >= 4 is 46.8 Å². The second-order valence-corrected chi connectivity index (χ2v) is 17.0. The zero-order valence-electron chi connectivity index (χ0n) is 34.7. The van der Waals surface area contributed by atoms with Gasteiger partial charge in [-0.3, -0.25) is 28.8 Å². The van der Waals surface area contributed by atoms with Gasteiger partial charge < -0.3 is 36.0 Å². The molecule has 0 spiro atoms. The van der Waals surface area contributed by atoms with E-state index < -0.39 is 66.3 Å². The lowest BCUT2D eigenvalue weighted by Crippen LogP contribution is -2.59. The number of carbonyl (C=O) groups excluding carboxylic acids is 5. The van der Waals surface area contributed by atoms with Crippen molar-refractivity contribution in [2.45, 2.75) is 69.1 Å². The summed E-state index contributed by atoms with van der Waals surface area (Å²) in [4.78, 5) is 85.2. The molecule has 0 aliphatic carbocycles. The summed E-state index contributed by atoms with van der Waals surface area (Å²) in [7, 11) is 0. The van der Waals surface area contributed by atoms with Gasteiger partial charge in [-0.2, -0.15) is 0 Å². The van der Waals surface area contributed by atoms with Crippen molar-refractivity contribution in [3.63, 3.8) is 0 Å². The number of carbonyl (C=O) groups is 6. The Balaban J connectivity index is 1.21. The molecule has 14 heteroatoms. The molecule has 4 aromatic carbocycles. The van der Waals surface area contributed by atoms with E-state index in [-0.39, 0.29) is 57.5 Å². The largest absolute Gasteiger partial charge is 0.484 e. The molecule has 8 rings (SSSR count). The Bertz CT molecular complexity index is 2330. The Morgan fingerprint density at radius 3 is 1.92 bits per heavy atom. The molecule has 13 nitrogen and oxygen atoms in total. The predicted octanol–water partition coefficient (Wildman–Crippen LogP) is 4.73. The average Bonchev–Trinajstić information content (AvgIpc) is 3.83. The number of carboxylic acid groups (broad SMARTS) is 1. The number of benzene rings is 4. The van der Waals surface area contributed by atoms with Gasteiger partial charge in [-0.15, -0.1) is 11.3 Å². The highest BCUT2D eigenvalue weighted by molar-refractivity contribution is 7.09. The Hall–Kier alpha value is -6.80. The molecule has 1 saturated heterocycles. The van der Waals surface area contributed by atoms with Crippen molar-refractivity contribution in [1.29, 1.82) is 0 Å². The van der Waals surface area contributed by atoms with Crippen LogP contribution in [0, 0.1) is 5.92 Å². The van der Waals surface area contributed by atoms with E-state index in [2.05, 4.69) is 21.3 Å². The number of hydrogen-bond acceptors (Lipinski definition) is 8. The number of aliphatic carboxylic acids is 1. The van der Waals surface area contributed by atoms with Gasteiger partial charge in [0.05, 0.1) is 5.92 Å². The van der Waals surface area contributed by atoms with Gasteiger partial charge in [-0.05, 0) is 77.1 Å². The fourth-order valence-electron chi connectivity index (χ4n) is 7.90. The minimum Gasteiger partial charge on any atom is -0.484 e. The van der Waals surface area contributed by atoms with Crippen molar-refractivity contribution < 1.29 is 38.6 Å². The highest BCUT2D eigenvalue weighted by Crippen LogP contribution is 2.22. The number of likely N-dealkylation sites (tertiary alicyclic amines) is 1. The van der Waals surface area contributed by atoms with Crippen LogP contribution in [0.5, 0.6) is 5.75 Å². The molecule has 1 unspecified atom stereocenters. The van der Waals surface area contributed by atoms with Crippen molar-refractivity contribution in [1.82, 2.24) is 26.2 Å². The minimum atomic E-state index is -1.18. The molecule has 1 aromatic heterocycles. The van der Waals surface area contributed by atoms with Crippen LogP contribution in [0.15, 0.2) is 127 Å². The van der Waals surface area contributed by atoms with E-state index in [9.17, 15) is 33.9 Å². The first-order chi connectivity index (χ1) is 30.6. The van der Waals surface area contributed by atoms with Gasteiger partial charge >= 0.3 is 5.97 Å². The van der Waals surface area contributed by atoms with E-state index in [4.69, 9.17) is 4.74 Å². The highest BCUT2D eigenvalue weighted by atomic mass is 32.1. The van der Waals surface area contributed by atoms with Crippen LogP contribution < -0.4 is 26.0 Å². The summed E-state index contributed by atoms with van der Waals surface area (Å²) >= 11 is 1.43. The van der Waals surface area contributed by atoms with Crippen molar-refractivity contribution in [2.75, 3.05) is 19.7 Å². The van der Waals surface area contributed by atoms with E-state index in [1.165, 1.54) is 11.3 Å². The number of fused-ring (bicyclic) bond motifs is 16. The fourth-order valence-corrected chi connectivity index (χ4v) is 8.65. The van der Waals surface area contributed by atoms with Gasteiger partial charge in [0.1, 0.15) is 29.9 Å². The first kappa shape index (κ1) is 44.3. The first-order valence-corrected chi connectivity index (χ1v) is 22.1. The summed E-state index contributed by atoms with van der Waals surface area (Å²) in [6.07, 6.45) is 1.46. The summed E-state index contributed by atoms with van der Waals surface area (Å²) in [6, 6.07) is 33.1. The number of ether oxygens (including phenoxy) is 1. The molecule has 5 amide bonds. The second-order valence-electron chi connectivity index (χ2n) is 16.0. The summed E-state index contributed by atoms with van der Waals surface area (Å²) in [5, 5.41) is 23.1. The summed E-state index contributed by atoms with van der Waals surface area (Å²) in [5.41, 5.74) is 4.35.